The van der Waals surface area contributed by atoms with Gasteiger partial charge < -0.3 is 21.9 Å². The number of allylic oxidation sites excluding steroid dienone is 1. The number of benzene rings is 2. The second-order valence-electron chi connectivity index (χ2n) is 8.59. The zero-order chi connectivity index (χ0) is 19.6. The van der Waals surface area contributed by atoms with Gasteiger partial charge in [-0.1, -0.05) is 54.1 Å². The number of nitrogens with zero attached hydrogens (tertiary/aromatic N) is 2. The summed E-state index contributed by atoms with van der Waals surface area (Å²) in [5.41, 5.74) is 4.25. The van der Waals surface area contributed by atoms with Crippen LogP contribution in [0.3, 0.4) is 0 Å². The molecule has 154 valence electrons. The average Bonchev–Trinajstić information content (AvgIpc) is 3.22. The first-order valence-corrected chi connectivity index (χ1v) is 10.8. The van der Waals surface area contributed by atoms with E-state index in [1.807, 2.05) is 12.1 Å². The van der Waals surface area contributed by atoms with E-state index in [2.05, 4.69) is 78.1 Å². The predicted molar refractivity (Wildman–Crippen MR) is 118 cm³/mol. The van der Waals surface area contributed by atoms with E-state index >= 15 is 0 Å². The SMILES string of the molecule is CC1(C)C(Cc2ccccc2)C(N2CCCC2)=CC=[N+]1Cc1ccc(Cl)cc1.[Br-]. The highest BCUT2D eigenvalue weighted by atomic mass is 79.9. The highest BCUT2D eigenvalue weighted by Gasteiger charge is 2.45. The lowest BCUT2D eigenvalue weighted by molar-refractivity contribution is -0.621. The topological polar surface area (TPSA) is 6.25 Å². The third-order valence-corrected chi connectivity index (χ3v) is 6.65. The van der Waals surface area contributed by atoms with Crippen LogP contribution in [0.5, 0.6) is 0 Å². The Bertz CT molecular complexity index is 865. The Labute approximate surface area is 190 Å². The summed E-state index contributed by atoms with van der Waals surface area (Å²) in [5, 5.41) is 0.795. The van der Waals surface area contributed by atoms with E-state index in [-0.39, 0.29) is 22.5 Å². The van der Waals surface area contributed by atoms with Gasteiger partial charge in [0, 0.05) is 49.3 Å². The molecule has 0 bridgehead atoms. The molecule has 0 spiro atoms. The van der Waals surface area contributed by atoms with Gasteiger partial charge in [-0.25, -0.2) is 4.58 Å². The zero-order valence-corrected chi connectivity index (χ0v) is 19.7. The molecule has 1 unspecified atom stereocenters. The van der Waals surface area contributed by atoms with E-state index in [9.17, 15) is 0 Å². The van der Waals surface area contributed by atoms with Crippen LogP contribution in [-0.4, -0.2) is 34.3 Å². The standard InChI is InChI=1S/C25H30ClN2.BrH/c1-25(2)23(18-20-8-4-3-5-9-20)24(27-15-6-7-16-27)14-17-28(25)19-21-10-12-22(26)13-11-21;/h3-5,8-14,17,23H,6-7,15-16,18-19H2,1-2H3;1H/q+1;/p-1. The van der Waals surface area contributed by atoms with Crippen LogP contribution in [-0.2, 0) is 13.0 Å². The number of hydrogen-bond acceptors (Lipinski definition) is 1. The van der Waals surface area contributed by atoms with Crippen molar-refractivity contribution in [1.29, 1.82) is 0 Å². The molecule has 2 aliphatic rings. The molecule has 0 amide bonds. The summed E-state index contributed by atoms with van der Waals surface area (Å²) < 4.78 is 2.50. The first-order chi connectivity index (χ1) is 13.5. The van der Waals surface area contributed by atoms with E-state index in [0.29, 0.717) is 5.92 Å². The van der Waals surface area contributed by atoms with Crippen LogP contribution in [0.1, 0.15) is 37.8 Å². The first-order valence-electron chi connectivity index (χ1n) is 10.4. The van der Waals surface area contributed by atoms with Gasteiger partial charge in [0.1, 0.15) is 0 Å². The van der Waals surface area contributed by atoms with Crippen LogP contribution in [0.2, 0.25) is 5.02 Å². The van der Waals surface area contributed by atoms with Gasteiger partial charge in [-0.05, 0) is 37.0 Å². The molecule has 1 fully saturated rings. The zero-order valence-electron chi connectivity index (χ0n) is 17.3. The van der Waals surface area contributed by atoms with Crippen molar-refractivity contribution in [3.63, 3.8) is 0 Å². The second kappa shape index (κ2) is 9.49. The molecular formula is C25H30BrClN2. The lowest BCUT2D eigenvalue weighted by Crippen LogP contribution is -3.00. The molecule has 4 rings (SSSR count). The summed E-state index contributed by atoms with van der Waals surface area (Å²) in [5.74, 6) is 0.463. The minimum Gasteiger partial charge on any atom is -1.00 e. The maximum atomic E-state index is 6.08. The van der Waals surface area contributed by atoms with Crippen LogP contribution in [0.25, 0.3) is 0 Å². The number of likely N-dealkylation sites (tertiary alicyclic amines) is 1. The van der Waals surface area contributed by atoms with Gasteiger partial charge in [-0.2, -0.15) is 0 Å². The Hall–Kier alpha value is -1.58. The fourth-order valence-electron chi connectivity index (χ4n) is 4.58. The van der Waals surface area contributed by atoms with E-state index in [4.69, 9.17) is 11.6 Å². The normalized spacial score (nSPS) is 20.7. The van der Waals surface area contributed by atoms with Gasteiger partial charge in [-0.3, -0.25) is 0 Å². The van der Waals surface area contributed by atoms with Gasteiger partial charge in [0.05, 0.1) is 5.92 Å². The maximum Gasteiger partial charge on any atom is 0.168 e. The van der Waals surface area contributed by atoms with Crippen molar-refractivity contribution in [2.45, 2.75) is 45.2 Å². The monoisotopic (exact) mass is 472 g/mol. The van der Waals surface area contributed by atoms with Crippen LogP contribution in [0.4, 0.5) is 0 Å². The molecule has 0 saturated carbocycles. The maximum absolute atomic E-state index is 6.08. The van der Waals surface area contributed by atoms with Crippen LogP contribution >= 0.6 is 11.6 Å². The molecule has 0 aromatic heterocycles. The van der Waals surface area contributed by atoms with Crippen molar-refractivity contribution in [1.82, 2.24) is 4.90 Å². The molecule has 0 aliphatic carbocycles. The molecule has 2 nitrogen and oxygen atoms in total. The number of rotatable bonds is 5. The fourth-order valence-corrected chi connectivity index (χ4v) is 4.71. The Morgan fingerprint density at radius 2 is 1.62 bits per heavy atom. The summed E-state index contributed by atoms with van der Waals surface area (Å²) in [6.07, 6.45) is 8.37. The van der Waals surface area contributed by atoms with Gasteiger partial charge in [0.15, 0.2) is 18.3 Å². The Morgan fingerprint density at radius 3 is 2.28 bits per heavy atom. The molecule has 2 aliphatic heterocycles. The molecular weight excluding hydrogens is 444 g/mol. The third-order valence-electron chi connectivity index (χ3n) is 6.40. The van der Waals surface area contributed by atoms with Gasteiger partial charge in [-0.15, -0.1) is 0 Å². The van der Waals surface area contributed by atoms with E-state index in [1.54, 1.807) is 0 Å². The van der Waals surface area contributed by atoms with Gasteiger partial charge >= 0.3 is 0 Å². The molecule has 1 saturated heterocycles. The average molecular weight is 474 g/mol. The molecule has 29 heavy (non-hydrogen) atoms. The molecule has 0 N–H and O–H groups in total. The van der Waals surface area contributed by atoms with Crippen molar-refractivity contribution in [3.05, 3.63) is 82.5 Å². The molecule has 0 radical (unpaired) electrons. The van der Waals surface area contributed by atoms with Crippen molar-refractivity contribution in [2.75, 3.05) is 13.1 Å². The van der Waals surface area contributed by atoms with Crippen LogP contribution in [0, 0.1) is 5.92 Å². The molecule has 2 aromatic carbocycles. The highest BCUT2D eigenvalue weighted by Crippen LogP contribution is 2.37. The lowest BCUT2D eigenvalue weighted by Gasteiger charge is -2.39. The van der Waals surface area contributed by atoms with E-state index in [1.165, 1.54) is 42.8 Å². The quantitative estimate of drug-likeness (QED) is 0.605. The molecule has 2 aromatic rings. The Balaban J connectivity index is 0.00000240. The molecule has 2 heterocycles. The van der Waals surface area contributed by atoms with Crippen molar-refractivity contribution in [2.24, 2.45) is 5.92 Å². The largest absolute Gasteiger partial charge is 1.00 e. The summed E-state index contributed by atoms with van der Waals surface area (Å²) in [7, 11) is 0. The van der Waals surface area contributed by atoms with Crippen molar-refractivity contribution < 1.29 is 21.6 Å². The summed E-state index contributed by atoms with van der Waals surface area (Å²) >= 11 is 6.08. The summed E-state index contributed by atoms with van der Waals surface area (Å²) in [4.78, 5) is 2.62. The van der Waals surface area contributed by atoms with Crippen LogP contribution < -0.4 is 17.0 Å². The Kier molecular flexibility index (Phi) is 7.23. The third kappa shape index (κ3) is 4.95. The van der Waals surface area contributed by atoms with Crippen molar-refractivity contribution >= 4 is 17.8 Å². The summed E-state index contributed by atoms with van der Waals surface area (Å²) in [6.45, 7) is 8.09. The van der Waals surface area contributed by atoms with E-state index < -0.39 is 0 Å². The van der Waals surface area contributed by atoms with Crippen molar-refractivity contribution in [3.8, 4) is 0 Å². The minimum absolute atomic E-state index is 0. The minimum atomic E-state index is 0. The van der Waals surface area contributed by atoms with Crippen LogP contribution in [0.15, 0.2) is 66.4 Å². The molecule has 4 heteroatoms. The Morgan fingerprint density at radius 1 is 0.966 bits per heavy atom. The smallest absolute Gasteiger partial charge is 0.168 e. The summed E-state index contributed by atoms with van der Waals surface area (Å²) in [6, 6.07) is 19.2. The second-order valence-corrected chi connectivity index (χ2v) is 9.02. The predicted octanol–water partition coefficient (Wildman–Crippen LogP) is 2.56. The number of hydrogen-bond donors (Lipinski definition) is 0. The molecule has 1 atom stereocenters. The van der Waals surface area contributed by atoms with Gasteiger partial charge in [0.25, 0.3) is 0 Å². The van der Waals surface area contributed by atoms with E-state index in [0.717, 1.165) is 18.0 Å². The van der Waals surface area contributed by atoms with Gasteiger partial charge in [0.2, 0.25) is 0 Å². The number of halogens is 2. The first kappa shape index (κ1) is 22.1. The highest BCUT2D eigenvalue weighted by molar-refractivity contribution is 6.30. The fraction of sp³-hybridized carbons (Fsp3) is 0.400. The lowest BCUT2D eigenvalue weighted by atomic mass is 9.77.